The molecule has 10 heavy (non-hydrogen) atoms. The van der Waals surface area contributed by atoms with Crippen molar-refractivity contribution in [3.05, 3.63) is 0 Å². The van der Waals surface area contributed by atoms with Crippen LogP contribution < -0.4 is 6.15 Å². The van der Waals surface area contributed by atoms with Crippen molar-refractivity contribution in [1.82, 2.24) is 6.15 Å². The Kier molecular flexibility index (Phi) is 5.08. The van der Waals surface area contributed by atoms with Crippen molar-refractivity contribution in [3.8, 4) is 0 Å². The molecule has 0 aromatic carbocycles. The zero-order chi connectivity index (χ0) is 7.49. The first-order valence-corrected chi connectivity index (χ1v) is 2.52. The van der Waals surface area contributed by atoms with Gasteiger partial charge in [-0.1, -0.05) is 0 Å². The Labute approximate surface area is 58.9 Å². The van der Waals surface area contributed by atoms with Gasteiger partial charge in [0, 0.05) is 0 Å². The predicted molar refractivity (Wildman–Crippen MR) is 34.9 cm³/mol. The van der Waals surface area contributed by atoms with Crippen LogP contribution in [-0.4, -0.2) is 34.5 Å². The molecular formula is C5H13NO4. The minimum Gasteiger partial charge on any atom is -0.481 e. The largest absolute Gasteiger partial charge is 0.481 e. The van der Waals surface area contributed by atoms with Gasteiger partial charge in [-0.15, -0.1) is 0 Å². The van der Waals surface area contributed by atoms with E-state index >= 15 is 0 Å². The van der Waals surface area contributed by atoms with Crippen LogP contribution in [0.15, 0.2) is 0 Å². The Morgan fingerprint density at radius 2 is 1.70 bits per heavy atom. The summed E-state index contributed by atoms with van der Waals surface area (Å²) in [5, 5.41) is 25.1. The maximum atomic E-state index is 10.2. The Morgan fingerprint density at radius 1 is 1.40 bits per heavy atom. The van der Waals surface area contributed by atoms with E-state index in [0.29, 0.717) is 0 Å². The lowest BCUT2D eigenvalue weighted by molar-refractivity contribution is -0.152. The lowest BCUT2D eigenvalue weighted by atomic mass is 9.94. The second-order valence-electron chi connectivity index (χ2n) is 2.18. The van der Waals surface area contributed by atoms with Gasteiger partial charge in [0.2, 0.25) is 0 Å². The molecule has 0 unspecified atom stereocenters. The minimum atomic E-state index is -1.39. The van der Waals surface area contributed by atoms with Crippen LogP contribution in [0.25, 0.3) is 0 Å². The molecule has 0 aliphatic rings. The zero-order valence-corrected chi connectivity index (χ0v) is 5.87. The topological polar surface area (TPSA) is 113 Å². The smallest absolute Gasteiger partial charge is 0.314 e. The monoisotopic (exact) mass is 151 g/mol. The van der Waals surface area contributed by atoms with Crippen molar-refractivity contribution < 1.29 is 20.1 Å². The molecule has 0 aliphatic carbocycles. The molecule has 0 aromatic rings. The highest BCUT2D eigenvalue weighted by Gasteiger charge is 2.31. The molecular weight excluding hydrogens is 138 g/mol. The maximum absolute atomic E-state index is 10.2. The van der Waals surface area contributed by atoms with Gasteiger partial charge in [0.15, 0.2) is 0 Å². The van der Waals surface area contributed by atoms with Gasteiger partial charge in [0.05, 0.1) is 13.2 Å². The molecule has 6 N–H and O–H groups in total. The Bertz CT molecular complexity index is 110. The molecule has 0 spiro atoms. The predicted octanol–water partition coefficient (Wildman–Crippen LogP) is -0.776. The summed E-state index contributed by atoms with van der Waals surface area (Å²) in [5.41, 5.74) is -1.39. The number of hydrogen-bond donors (Lipinski definition) is 4. The number of aliphatic carboxylic acids is 1. The third kappa shape index (κ3) is 2.30. The zero-order valence-electron chi connectivity index (χ0n) is 5.87. The van der Waals surface area contributed by atoms with Gasteiger partial charge in [0.1, 0.15) is 5.41 Å². The number of carbonyl (C=O) groups is 1. The van der Waals surface area contributed by atoms with Gasteiger partial charge in [-0.3, -0.25) is 4.79 Å². The summed E-state index contributed by atoms with van der Waals surface area (Å²) in [6.45, 7) is 0.187. The molecule has 0 saturated carbocycles. The highest BCUT2D eigenvalue weighted by atomic mass is 16.4. The fraction of sp³-hybridized carbons (Fsp3) is 0.800. The average molecular weight is 151 g/mol. The second kappa shape index (κ2) is 4.21. The molecule has 0 amide bonds. The van der Waals surface area contributed by atoms with Crippen LogP contribution in [0.2, 0.25) is 0 Å². The fourth-order valence-electron chi connectivity index (χ4n) is 0.185. The van der Waals surface area contributed by atoms with E-state index in [0.717, 1.165) is 0 Å². The van der Waals surface area contributed by atoms with Crippen molar-refractivity contribution in [2.45, 2.75) is 6.92 Å². The quantitative estimate of drug-likeness (QED) is 0.422. The number of carboxylic acid groups (broad SMARTS) is 1. The fourth-order valence-corrected chi connectivity index (χ4v) is 0.185. The van der Waals surface area contributed by atoms with E-state index in [1.165, 1.54) is 6.92 Å². The third-order valence-corrected chi connectivity index (χ3v) is 1.21. The Morgan fingerprint density at radius 3 is 1.70 bits per heavy atom. The first-order valence-electron chi connectivity index (χ1n) is 2.52. The average Bonchev–Trinajstić information content (AvgIpc) is 1.86. The van der Waals surface area contributed by atoms with E-state index in [-0.39, 0.29) is 6.15 Å². The number of hydrogen-bond acceptors (Lipinski definition) is 4. The van der Waals surface area contributed by atoms with E-state index in [2.05, 4.69) is 0 Å². The molecule has 0 fully saturated rings. The van der Waals surface area contributed by atoms with Gasteiger partial charge in [-0.2, -0.15) is 0 Å². The molecule has 0 saturated heterocycles. The molecule has 62 valence electrons. The Hall–Kier alpha value is -0.650. The van der Waals surface area contributed by atoms with Gasteiger partial charge in [-0.05, 0) is 6.92 Å². The van der Waals surface area contributed by atoms with E-state index in [9.17, 15) is 4.79 Å². The van der Waals surface area contributed by atoms with Crippen molar-refractivity contribution in [1.29, 1.82) is 0 Å². The van der Waals surface area contributed by atoms with Crippen molar-refractivity contribution in [2.75, 3.05) is 13.2 Å². The number of aliphatic hydroxyl groups is 2. The van der Waals surface area contributed by atoms with Crippen LogP contribution in [0.3, 0.4) is 0 Å². The summed E-state index contributed by atoms with van der Waals surface area (Å²) in [4.78, 5) is 10.2. The summed E-state index contributed by atoms with van der Waals surface area (Å²) in [6, 6.07) is 0. The minimum absolute atomic E-state index is 0. The molecule has 0 atom stereocenters. The van der Waals surface area contributed by atoms with E-state index in [1.54, 1.807) is 0 Å². The van der Waals surface area contributed by atoms with Crippen molar-refractivity contribution in [2.24, 2.45) is 5.41 Å². The SMILES string of the molecule is CC(CO)(CO)C(=O)O.N. The van der Waals surface area contributed by atoms with Crippen LogP contribution in [0.4, 0.5) is 0 Å². The Balaban J connectivity index is 0. The molecule has 5 nitrogen and oxygen atoms in total. The van der Waals surface area contributed by atoms with E-state index in [1.807, 2.05) is 0 Å². The molecule has 0 aromatic heterocycles. The summed E-state index contributed by atoms with van der Waals surface area (Å²) >= 11 is 0. The van der Waals surface area contributed by atoms with Crippen molar-refractivity contribution >= 4 is 5.97 Å². The molecule has 0 radical (unpaired) electrons. The molecule has 0 heterocycles. The van der Waals surface area contributed by atoms with Gasteiger partial charge in [-0.25, -0.2) is 0 Å². The first-order chi connectivity index (χ1) is 4.06. The highest BCUT2D eigenvalue weighted by Crippen LogP contribution is 2.12. The van der Waals surface area contributed by atoms with Gasteiger partial charge in [0.25, 0.3) is 0 Å². The highest BCUT2D eigenvalue weighted by molar-refractivity contribution is 5.74. The van der Waals surface area contributed by atoms with Crippen LogP contribution in [0.5, 0.6) is 0 Å². The summed E-state index contributed by atoms with van der Waals surface area (Å²) < 4.78 is 0. The lowest BCUT2D eigenvalue weighted by Gasteiger charge is -2.17. The maximum Gasteiger partial charge on any atom is 0.314 e. The van der Waals surface area contributed by atoms with Crippen LogP contribution in [0.1, 0.15) is 6.92 Å². The standard InChI is InChI=1S/C5H10O4.H3N/c1-5(2-6,3-7)4(8)9;/h6-7H,2-3H2,1H3,(H,8,9);1H3. The van der Waals surface area contributed by atoms with E-state index in [4.69, 9.17) is 15.3 Å². The van der Waals surface area contributed by atoms with Crippen LogP contribution in [-0.2, 0) is 4.79 Å². The molecule has 0 aliphatic heterocycles. The van der Waals surface area contributed by atoms with Crippen LogP contribution >= 0.6 is 0 Å². The third-order valence-electron chi connectivity index (χ3n) is 1.21. The van der Waals surface area contributed by atoms with E-state index < -0.39 is 24.6 Å². The van der Waals surface area contributed by atoms with Crippen LogP contribution in [0, 0.1) is 5.41 Å². The lowest BCUT2D eigenvalue weighted by Crippen LogP contribution is -2.35. The normalized spacial score (nSPS) is 10.3. The number of aliphatic hydroxyl groups excluding tert-OH is 2. The van der Waals surface area contributed by atoms with Gasteiger partial charge >= 0.3 is 5.97 Å². The second-order valence-corrected chi connectivity index (χ2v) is 2.18. The molecule has 0 bridgehead atoms. The molecule has 5 heteroatoms. The number of rotatable bonds is 3. The van der Waals surface area contributed by atoms with Crippen molar-refractivity contribution in [3.63, 3.8) is 0 Å². The summed E-state index contributed by atoms with van der Waals surface area (Å²) in [5.74, 6) is -1.19. The first kappa shape index (κ1) is 12.1. The van der Waals surface area contributed by atoms with Gasteiger partial charge < -0.3 is 21.5 Å². The summed E-state index contributed by atoms with van der Waals surface area (Å²) in [7, 11) is 0. The summed E-state index contributed by atoms with van der Waals surface area (Å²) in [6.07, 6.45) is 0. The molecule has 0 rings (SSSR count). The number of carboxylic acids is 1.